The predicted octanol–water partition coefficient (Wildman–Crippen LogP) is 2.19. The summed E-state index contributed by atoms with van der Waals surface area (Å²) in [6.45, 7) is 5.54. The van der Waals surface area contributed by atoms with Gasteiger partial charge >= 0.3 is 0 Å². The van der Waals surface area contributed by atoms with Crippen molar-refractivity contribution in [3.8, 4) is 0 Å². The van der Waals surface area contributed by atoms with Crippen LogP contribution in [-0.2, 0) is 0 Å². The van der Waals surface area contributed by atoms with Crippen LogP contribution in [0.15, 0.2) is 0 Å². The highest BCUT2D eigenvalue weighted by molar-refractivity contribution is 6.78. The van der Waals surface area contributed by atoms with E-state index in [1.807, 2.05) is 0 Å². The Morgan fingerprint density at radius 1 is 1.14 bits per heavy atom. The second kappa shape index (κ2) is 6.59. The summed E-state index contributed by atoms with van der Waals surface area (Å²) < 4.78 is 0. The van der Waals surface area contributed by atoms with E-state index in [0.29, 0.717) is 0 Å². The minimum Gasteiger partial charge on any atom is -0.329 e. The van der Waals surface area contributed by atoms with E-state index in [0.717, 1.165) is 13.1 Å². The standard InChI is InChI=1S/C11H26N2Si/c1-14(9-3-2-4-10-14)11-5-7-13-8-6-12/h13H,2-12H2,1H3. The summed E-state index contributed by atoms with van der Waals surface area (Å²) in [5.74, 6) is 0. The van der Waals surface area contributed by atoms with E-state index in [-0.39, 0.29) is 0 Å². The van der Waals surface area contributed by atoms with E-state index < -0.39 is 8.07 Å². The molecule has 3 N–H and O–H groups in total. The van der Waals surface area contributed by atoms with Crippen LogP contribution in [0.5, 0.6) is 0 Å². The van der Waals surface area contributed by atoms with Gasteiger partial charge in [0.2, 0.25) is 0 Å². The van der Waals surface area contributed by atoms with E-state index in [2.05, 4.69) is 11.9 Å². The lowest BCUT2D eigenvalue weighted by atomic mass is 10.3. The molecule has 1 fully saturated rings. The lowest BCUT2D eigenvalue weighted by Crippen LogP contribution is -2.33. The lowest BCUT2D eigenvalue weighted by molar-refractivity contribution is 0.660. The van der Waals surface area contributed by atoms with Gasteiger partial charge in [0, 0.05) is 13.1 Å². The molecule has 0 amide bonds. The van der Waals surface area contributed by atoms with Crippen LogP contribution in [0.2, 0.25) is 24.7 Å². The summed E-state index contributed by atoms with van der Waals surface area (Å²) in [7, 11) is -0.768. The molecule has 0 saturated carbocycles. The number of hydrogen-bond donors (Lipinski definition) is 2. The minimum atomic E-state index is -0.768. The zero-order valence-electron chi connectivity index (χ0n) is 9.65. The highest BCUT2D eigenvalue weighted by Gasteiger charge is 2.27. The first-order valence-electron chi connectivity index (χ1n) is 6.18. The molecule has 84 valence electrons. The molecule has 0 bridgehead atoms. The van der Waals surface area contributed by atoms with Crippen molar-refractivity contribution < 1.29 is 0 Å². The summed E-state index contributed by atoms with van der Waals surface area (Å²) in [5.41, 5.74) is 5.43. The average molecular weight is 214 g/mol. The molecule has 1 aliphatic rings. The topological polar surface area (TPSA) is 38.0 Å². The van der Waals surface area contributed by atoms with Crippen LogP contribution >= 0.6 is 0 Å². The highest BCUT2D eigenvalue weighted by atomic mass is 28.3. The highest BCUT2D eigenvalue weighted by Crippen LogP contribution is 2.32. The molecule has 1 rings (SSSR count). The van der Waals surface area contributed by atoms with Crippen molar-refractivity contribution >= 4 is 8.07 Å². The molecular weight excluding hydrogens is 188 g/mol. The maximum atomic E-state index is 5.43. The molecule has 0 aromatic rings. The lowest BCUT2D eigenvalue weighted by Gasteiger charge is -2.31. The molecule has 0 unspecified atom stereocenters. The van der Waals surface area contributed by atoms with Crippen molar-refractivity contribution in [2.24, 2.45) is 5.73 Å². The van der Waals surface area contributed by atoms with E-state index >= 15 is 0 Å². The van der Waals surface area contributed by atoms with Gasteiger partial charge in [-0.2, -0.15) is 0 Å². The molecule has 14 heavy (non-hydrogen) atoms. The van der Waals surface area contributed by atoms with Gasteiger partial charge in [-0.25, -0.2) is 0 Å². The zero-order valence-corrected chi connectivity index (χ0v) is 10.6. The van der Waals surface area contributed by atoms with Crippen LogP contribution in [0.4, 0.5) is 0 Å². The maximum absolute atomic E-state index is 5.43. The SMILES string of the molecule is C[Si]1(CCCNCCN)CCCCC1. The Labute approximate surface area is 89.7 Å². The number of nitrogens with two attached hydrogens (primary N) is 1. The van der Waals surface area contributed by atoms with Crippen molar-refractivity contribution in [3.05, 3.63) is 0 Å². The Morgan fingerprint density at radius 2 is 1.86 bits per heavy atom. The smallest absolute Gasteiger partial charge is 0.0505 e. The van der Waals surface area contributed by atoms with Gasteiger partial charge in [0.1, 0.15) is 0 Å². The molecule has 0 spiro atoms. The molecule has 1 heterocycles. The molecule has 0 aromatic carbocycles. The van der Waals surface area contributed by atoms with Gasteiger partial charge in [-0.3, -0.25) is 0 Å². The molecule has 0 atom stereocenters. The van der Waals surface area contributed by atoms with Crippen LogP contribution in [0.3, 0.4) is 0 Å². The summed E-state index contributed by atoms with van der Waals surface area (Å²) in [4.78, 5) is 0. The fourth-order valence-electron chi connectivity index (χ4n) is 2.52. The van der Waals surface area contributed by atoms with Crippen LogP contribution in [0, 0.1) is 0 Å². The van der Waals surface area contributed by atoms with E-state index in [4.69, 9.17) is 5.73 Å². The predicted molar refractivity (Wildman–Crippen MR) is 66.4 cm³/mol. The van der Waals surface area contributed by atoms with Crippen molar-refractivity contribution in [1.29, 1.82) is 0 Å². The van der Waals surface area contributed by atoms with Crippen molar-refractivity contribution in [3.63, 3.8) is 0 Å². The van der Waals surface area contributed by atoms with E-state index in [1.54, 1.807) is 12.1 Å². The summed E-state index contributed by atoms with van der Waals surface area (Å²) >= 11 is 0. The van der Waals surface area contributed by atoms with Gasteiger partial charge in [-0.15, -0.1) is 0 Å². The Balaban J connectivity index is 2.03. The van der Waals surface area contributed by atoms with Crippen molar-refractivity contribution in [2.75, 3.05) is 19.6 Å². The Morgan fingerprint density at radius 3 is 2.50 bits per heavy atom. The summed E-state index contributed by atoms with van der Waals surface area (Å²) in [6, 6.07) is 4.71. The fraction of sp³-hybridized carbons (Fsp3) is 1.00. The van der Waals surface area contributed by atoms with Crippen LogP contribution in [0.1, 0.15) is 25.7 Å². The molecule has 1 saturated heterocycles. The Kier molecular flexibility index (Phi) is 5.75. The quantitative estimate of drug-likeness (QED) is 0.525. The number of nitrogens with one attached hydrogen (secondary N) is 1. The molecule has 3 heteroatoms. The third-order valence-corrected chi connectivity index (χ3v) is 8.20. The minimum absolute atomic E-state index is 0.768. The first kappa shape index (κ1) is 12.2. The number of hydrogen-bond acceptors (Lipinski definition) is 2. The third-order valence-electron chi connectivity index (χ3n) is 3.52. The number of rotatable bonds is 6. The van der Waals surface area contributed by atoms with Crippen LogP contribution in [-0.4, -0.2) is 27.7 Å². The molecule has 2 nitrogen and oxygen atoms in total. The Hall–Kier alpha value is 0.137. The van der Waals surface area contributed by atoms with Crippen molar-refractivity contribution in [1.82, 2.24) is 5.32 Å². The maximum Gasteiger partial charge on any atom is 0.0505 e. The molecule has 0 aromatic heterocycles. The van der Waals surface area contributed by atoms with E-state index in [9.17, 15) is 0 Å². The third kappa shape index (κ3) is 4.58. The van der Waals surface area contributed by atoms with Gasteiger partial charge in [0.05, 0.1) is 8.07 Å². The first-order valence-corrected chi connectivity index (χ1v) is 9.30. The summed E-state index contributed by atoms with van der Waals surface area (Å²) in [6.07, 6.45) is 5.90. The molecule has 0 radical (unpaired) electrons. The van der Waals surface area contributed by atoms with Gasteiger partial charge in [0.15, 0.2) is 0 Å². The van der Waals surface area contributed by atoms with Gasteiger partial charge < -0.3 is 11.1 Å². The van der Waals surface area contributed by atoms with Gasteiger partial charge in [0.25, 0.3) is 0 Å². The molecule has 0 aliphatic carbocycles. The monoisotopic (exact) mass is 214 g/mol. The Bertz CT molecular complexity index is 144. The fourth-order valence-corrected chi connectivity index (χ4v) is 6.51. The summed E-state index contributed by atoms with van der Waals surface area (Å²) in [5, 5.41) is 3.39. The zero-order chi connectivity index (χ0) is 10.3. The van der Waals surface area contributed by atoms with Gasteiger partial charge in [-0.1, -0.05) is 43.9 Å². The van der Waals surface area contributed by atoms with Crippen molar-refractivity contribution in [2.45, 2.75) is 50.4 Å². The molecular formula is C11H26N2Si. The van der Waals surface area contributed by atoms with E-state index in [1.165, 1.54) is 38.3 Å². The molecule has 1 aliphatic heterocycles. The first-order chi connectivity index (χ1) is 6.77. The second-order valence-electron chi connectivity index (χ2n) is 5.01. The normalized spacial score (nSPS) is 21.0. The van der Waals surface area contributed by atoms with Crippen LogP contribution in [0.25, 0.3) is 0 Å². The largest absolute Gasteiger partial charge is 0.329 e. The van der Waals surface area contributed by atoms with Crippen LogP contribution < -0.4 is 11.1 Å². The van der Waals surface area contributed by atoms with Gasteiger partial charge in [-0.05, 0) is 13.0 Å². The average Bonchev–Trinajstić information content (AvgIpc) is 2.18. The second-order valence-corrected chi connectivity index (χ2v) is 10.1.